The van der Waals surface area contributed by atoms with Gasteiger partial charge in [0.2, 0.25) is 11.9 Å². The quantitative estimate of drug-likeness (QED) is 0.665. The molecule has 3 rings (SSSR count). The normalized spacial score (nSPS) is 32.7. The number of nitrogens with one attached hydrogen (secondary N) is 2. The fourth-order valence-electron chi connectivity index (χ4n) is 2.98. The number of aromatic amines is 1. The first-order valence-electron chi connectivity index (χ1n) is 5.74. The zero-order valence-corrected chi connectivity index (χ0v) is 9.41. The number of hydrogen-bond donors (Lipinski definition) is 3. The average molecular weight is 248 g/mol. The molecular formula is C11H12N4O3. The summed E-state index contributed by atoms with van der Waals surface area (Å²) in [6.07, 6.45) is 5.87. The van der Waals surface area contributed by atoms with Gasteiger partial charge in [-0.3, -0.25) is 14.9 Å². The second-order valence-corrected chi connectivity index (χ2v) is 4.66. The highest BCUT2D eigenvalue weighted by Gasteiger charge is 2.51. The predicted molar refractivity (Wildman–Crippen MR) is 60.4 cm³/mol. The molecule has 1 amide bonds. The van der Waals surface area contributed by atoms with Crippen molar-refractivity contribution in [3.63, 3.8) is 0 Å². The van der Waals surface area contributed by atoms with Crippen molar-refractivity contribution >= 4 is 17.8 Å². The molecule has 2 aliphatic carbocycles. The molecule has 0 spiro atoms. The molecule has 3 N–H and O–H groups in total. The lowest BCUT2D eigenvalue weighted by molar-refractivity contribution is -0.146. The van der Waals surface area contributed by atoms with E-state index in [1.54, 1.807) is 0 Å². The summed E-state index contributed by atoms with van der Waals surface area (Å²) in [4.78, 5) is 27.2. The van der Waals surface area contributed by atoms with Crippen molar-refractivity contribution in [1.29, 1.82) is 0 Å². The van der Waals surface area contributed by atoms with Gasteiger partial charge in [-0.05, 0) is 18.3 Å². The van der Waals surface area contributed by atoms with Crippen LogP contribution < -0.4 is 5.32 Å². The molecule has 2 bridgehead atoms. The first-order valence-corrected chi connectivity index (χ1v) is 5.74. The van der Waals surface area contributed by atoms with Crippen molar-refractivity contribution in [3.8, 4) is 0 Å². The van der Waals surface area contributed by atoms with E-state index in [9.17, 15) is 14.7 Å². The van der Waals surface area contributed by atoms with Gasteiger partial charge < -0.3 is 5.11 Å². The van der Waals surface area contributed by atoms with Crippen LogP contribution in [0.2, 0.25) is 0 Å². The second kappa shape index (κ2) is 3.94. The minimum Gasteiger partial charge on any atom is -0.481 e. The van der Waals surface area contributed by atoms with E-state index in [1.807, 2.05) is 12.2 Å². The molecular weight excluding hydrogens is 236 g/mol. The van der Waals surface area contributed by atoms with Crippen molar-refractivity contribution in [1.82, 2.24) is 15.2 Å². The van der Waals surface area contributed by atoms with E-state index in [2.05, 4.69) is 20.5 Å². The van der Waals surface area contributed by atoms with Crippen molar-refractivity contribution in [2.75, 3.05) is 5.32 Å². The Hall–Kier alpha value is -2.18. The molecule has 2 aliphatic rings. The van der Waals surface area contributed by atoms with Crippen molar-refractivity contribution in [3.05, 3.63) is 18.5 Å². The van der Waals surface area contributed by atoms with E-state index in [1.165, 1.54) is 6.33 Å². The Morgan fingerprint density at radius 2 is 2.06 bits per heavy atom. The Morgan fingerprint density at radius 3 is 2.67 bits per heavy atom. The lowest BCUT2D eigenvalue weighted by Crippen LogP contribution is -2.36. The highest BCUT2D eigenvalue weighted by atomic mass is 16.4. The van der Waals surface area contributed by atoms with Crippen LogP contribution in [0.3, 0.4) is 0 Å². The van der Waals surface area contributed by atoms with Gasteiger partial charge in [0.1, 0.15) is 6.33 Å². The van der Waals surface area contributed by atoms with Crippen LogP contribution in [0.4, 0.5) is 5.95 Å². The maximum atomic E-state index is 12.1. The Labute approximate surface area is 102 Å². The van der Waals surface area contributed by atoms with Crippen molar-refractivity contribution in [2.45, 2.75) is 6.42 Å². The number of aromatic nitrogens is 3. The minimum absolute atomic E-state index is 0.0130. The van der Waals surface area contributed by atoms with E-state index >= 15 is 0 Å². The smallest absolute Gasteiger partial charge is 0.307 e. The molecule has 1 heterocycles. The number of amides is 1. The van der Waals surface area contributed by atoms with E-state index in [0.29, 0.717) is 0 Å². The number of hydrogen-bond acceptors (Lipinski definition) is 4. The summed E-state index contributed by atoms with van der Waals surface area (Å²) in [7, 11) is 0. The number of aliphatic carboxylic acids is 1. The Kier molecular flexibility index (Phi) is 2.39. The number of rotatable bonds is 3. The molecule has 0 aromatic carbocycles. The molecule has 1 aromatic heterocycles. The minimum atomic E-state index is -0.912. The molecule has 0 aliphatic heterocycles. The standard InChI is InChI=1S/C11H12N4O3/c16-9(14-11-12-4-13-15-11)7-5-1-2-6(3-5)8(7)10(17)18/h1-2,4-8H,3H2,(H,17,18)(H2,12,13,14,15,16)/t5?,6?,7-,8+/m0/s1. The molecule has 1 aromatic rings. The average Bonchev–Trinajstić information content (AvgIpc) is 3.03. The summed E-state index contributed by atoms with van der Waals surface area (Å²) < 4.78 is 0. The molecule has 1 fully saturated rings. The molecule has 0 saturated heterocycles. The monoisotopic (exact) mass is 248 g/mol. The molecule has 18 heavy (non-hydrogen) atoms. The topological polar surface area (TPSA) is 108 Å². The molecule has 7 nitrogen and oxygen atoms in total. The van der Waals surface area contributed by atoms with E-state index in [4.69, 9.17) is 0 Å². The zero-order chi connectivity index (χ0) is 12.7. The summed E-state index contributed by atoms with van der Waals surface area (Å²) in [5.41, 5.74) is 0. The summed E-state index contributed by atoms with van der Waals surface area (Å²) in [6.45, 7) is 0. The summed E-state index contributed by atoms with van der Waals surface area (Å²) in [6, 6.07) is 0. The van der Waals surface area contributed by atoms with Crippen LogP contribution in [-0.4, -0.2) is 32.2 Å². The lowest BCUT2D eigenvalue weighted by atomic mass is 9.82. The second-order valence-electron chi connectivity index (χ2n) is 4.66. The number of carbonyl (C=O) groups is 2. The third-order valence-electron chi connectivity index (χ3n) is 3.70. The predicted octanol–water partition coefficient (Wildman–Crippen LogP) is 0.266. The van der Waals surface area contributed by atoms with Crippen LogP contribution in [0.5, 0.6) is 0 Å². The van der Waals surface area contributed by atoms with E-state index in [-0.39, 0.29) is 23.7 Å². The van der Waals surface area contributed by atoms with Crippen LogP contribution in [0.15, 0.2) is 18.5 Å². The maximum absolute atomic E-state index is 12.1. The van der Waals surface area contributed by atoms with Gasteiger partial charge in [-0.15, -0.1) is 0 Å². The van der Waals surface area contributed by atoms with Crippen molar-refractivity contribution in [2.24, 2.45) is 23.7 Å². The van der Waals surface area contributed by atoms with Crippen LogP contribution in [-0.2, 0) is 9.59 Å². The number of allylic oxidation sites excluding steroid dienone is 2. The number of carboxylic acid groups (broad SMARTS) is 1. The summed E-state index contributed by atoms with van der Waals surface area (Å²) in [5, 5.41) is 17.9. The first-order chi connectivity index (χ1) is 8.66. The number of anilines is 1. The number of nitrogens with zero attached hydrogens (tertiary/aromatic N) is 2. The maximum Gasteiger partial charge on any atom is 0.307 e. The number of H-pyrrole nitrogens is 1. The summed E-state index contributed by atoms with van der Waals surface area (Å²) >= 11 is 0. The first kappa shape index (κ1) is 10.9. The van der Waals surface area contributed by atoms with Gasteiger partial charge in [-0.2, -0.15) is 10.1 Å². The zero-order valence-electron chi connectivity index (χ0n) is 9.41. The Balaban J connectivity index is 1.80. The van der Waals surface area contributed by atoms with Gasteiger partial charge in [0.05, 0.1) is 11.8 Å². The van der Waals surface area contributed by atoms with Crippen LogP contribution >= 0.6 is 0 Å². The fraction of sp³-hybridized carbons (Fsp3) is 0.455. The van der Waals surface area contributed by atoms with Gasteiger partial charge in [0, 0.05) is 0 Å². The van der Waals surface area contributed by atoms with Crippen LogP contribution in [0.1, 0.15) is 6.42 Å². The fourth-order valence-corrected chi connectivity index (χ4v) is 2.98. The third-order valence-corrected chi connectivity index (χ3v) is 3.70. The van der Waals surface area contributed by atoms with Gasteiger partial charge in [-0.1, -0.05) is 12.2 Å². The third kappa shape index (κ3) is 1.59. The molecule has 0 radical (unpaired) electrons. The molecule has 7 heteroatoms. The van der Waals surface area contributed by atoms with Gasteiger partial charge in [0.25, 0.3) is 0 Å². The SMILES string of the molecule is O=C(O)[C@@H]1C2C=CC(C2)[C@@H]1C(=O)Nc1ncn[nH]1. The summed E-state index contributed by atoms with van der Waals surface area (Å²) in [5.74, 6) is -2.15. The lowest BCUT2D eigenvalue weighted by Gasteiger charge is -2.23. The highest BCUT2D eigenvalue weighted by Crippen LogP contribution is 2.48. The molecule has 1 saturated carbocycles. The number of carboxylic acids is 1. The molecule has 2 unspecified atom stereocenters. The van der Waals surface area contributed by atoms with Crippen LogP contribution in [0.25, 0.3) is 0 Å². The largest absolute Gasteiger partial charge is 0.481 e. The Bertz CT molecular complexity index is 510. The molecule has 94 valence electrons. The Morgan fingerprint density at radius 1 is 1.33 bits per heavy atom. The van der Waals surface area contributed by atoms with Crippen molar-refractivity contribution < 1.29 is 14.7 Å². The van der Waals surface area contributed by atoms with E-state index < -0.39 is 17.8 Å². The highest BCUT2D eigenvalue weighted by molar-refractivity contribution is 5.95. The number of fused-ring (bicyclic) bond motifs is 2. The van der Waals surface area contributed by atoms with Crippen LogP contribution in [0, 0.1) is 23.7 Å². The van der Waals surface area contributed by atoms with Gasteiger partial charge >= 0.3 is 5.97 Å². The molecule has 4 atom stereocenters. The van der Waals surface area contributed by atoms with E-state index in [0.717, 1.165) is 6.42 Å². The van der Waals surface area contributed by atoms with Gasteiger partial charge in [0.15, 0.2) is 0 Å². The van der Waals surface area contributed by atoms with Gasteiger partial charge in [-0.25, -0.2) is 5.10 Å². The number of carbonyl (C=O) groups excluding carboxylic acids is 1.